The fraction of sp³-hybridized carbons (Fsp3) is 0.250. The van der Waals surface area contributed by atoms with Gasteiger partial charge in [0.05, 0.1) is 10.5 Å². The molecule has 4 heteroatoms. The summed E-state index contributed by atoms with van der Waals surface area (Å²) in [6.07, 6.45) is 4.02. The molecule has 0 aliphatic heterocycles. The van der Waals surface area contributed by atoms with Gasteiger partial charge in [-0.2, -0.15) is 0 Å². The third kappa shape index (κ3) is 3.65. The van der Waals surface area contributed by atoms with E-state index in [9.17, 15) is 14.9 Å². The van der Waals surface area contributed by atoms with Gasteiger partial charge in [-0.3, -0.25) is 10.1 Å². The lowest BCUT2D eigenvalue weighted by atomic mass is 10.1. The van der Waals surface area contributed by atoms with E-state index in [4.69, 9.17) is 0 Å². The molecule has 0 unspecified atom stereocenters. The number of rotatable bonds is 6. The van der Waals surface area contributed by atoms with E-state index in [1.54, 1.807) is 30.3 Å². The average molecular weight is 219 g/mol. The quantitative estimate of drug-likeness (QED) is 0.320. The van der Waals surface area contributed by atoms with Gasteiger partial charge in [-0.1, -0.05) is 18.2 Å². The first-order chi connectivity index (χ1) is 7.75. The number of hydrogen-bond acceptors (Lipinski definition) is 3. The number of hydrogen-bond donors (Lipinski definition) is 0. The van der Waals surface area contributed by atoms with Crippen LogP contribution in [-0.2, 0) is 4.79 Å². The highest BCUT2D eigenvalue weighted by molar-refractivity contribution is 5.58. The van der Waals surface area contributed by atoms with Crippen LogP contribution in [0.3, 0.4) is 0 Å². The van der Waals surface area contributed by atoms with E-state index in [2.05, 4.69) is 0 Å². The maximum absolute atomic E-state index is 10.8. The third-order valence-electron chi connectivity index (χ3n) is 2.13. The lowest BCUT2D eigenvalue weighted by Gasteiger charge is -1.98. The van der Waals surface area contributed by atoms with Crippen LogP contribution in [-0.4, -0.2) is 11.2 Å². The molecule has 0 radical (unpaired) electrons. The Hall–Kier alpha value is -1.97. The van der Waals surface area contributed by atoms with Gasteiger partial charge >= 0.3 is 0 Å². The Morgan fingerprint density at radius 3 is 2.50 bits per heavy atom. The molecule has 0 bridgehead atoms. The van der Waals surface area contributed by atoms with Gasteiger partial charge in [0.2, 0.25) is 0 Å². The number of nitrogens with zero attached hydrogens (tertiary/aromatic N) is 1. The minimum atomic E-state index is -0.393. The van der Waals surface area contributed by atoms with Crippen molar-refractivity contribution in [2.24, 2.45) is 0 Å². The fourth-order valence-electron chi connectivity index (χ4n) is 1.35. The smallest absolute Gasteiger partial charge is 0.272 e. The average Bonchev–Trinajstić information content (AvgIpc) is 2.30. The normalized spacial score (nSPS) is 11.1. The van der Waals surface area contributed by atoms with Crippen molar-refractivity contribution in [2.45, 2.75) is 19.3 Å². The number of unbranched alkanes of at least 4 members (excludes halogenated alkanes) is 2. The van der Waals surface area contributed by atoms with Crippen molar-refractivity contribution in [2.75, 3.05) is 0 Å². The fourth-order valence-corrected chi connectivity index (χ4v) is 1.35. The summed E-state index contributed by atoms with van der Waals surface area (Å²) in [4.78, 5) is 20.5. The van der Waals surface area contributed by atoms with Crippen molar-refractivity contribution in [1.82, 2.24) is 0 Å². The number of carbonyl (C=O) groups excluding carboxylic acids is 1. The van der Waals surface area contributed by atoms with Crippen LogP contribution in [0.5, 0.6) is 0 Å². The Bertz CT molecular complexity index is 385. The van der Waals surface area contributed by atoms with Crippen LogP contribution in [0.1, 0.15) is 24.8 Å². The molecule has 1 aromatic rings. The highest BCUT2D eigenvalue weighted by atomic mass is 16.6. The zero-order valence-corrected chi connectivity index (χ0v) is 8.83. The van der Waals surface area contributed by atoms with Gasteiger partial charge in [0, 0.05) is 6.42 Å². The van der Waals surface area contributed by atoms with Gasteiger partial charge in [0.1, 0.15) is 6.29 Å². The maximum Gasteiger partial charge on any atom is 0.272 e. The number of allylic oxidation sites excluding steroid dienone is 1. The number of benzene rings is 1. The SMILES string of the molecule is O=CCCC/C=C(\c1ccccc1)[N+](=O)[O-]. The summed E-state index contributed by atoms with van der Waals surface area (Å²) in [5.74, 6) is 0. The minimum absolute atomic E-state index is 0.103. The summed E-state index contributed by atoms with van der Waals surface area (Å²) < 4.78 is 0. The molecule has 0 saturated carbocycles. The van der Waals surface area contributed by atoms with E-state index < -0.39 is 4.92 Å². The number of aldehydes is 1. The van der Waals surface area contributed by atoms with Crippen molar-refractivity contribution in [1.29, 1.82) is 0 Å². The molecule has 0 fully saturated rings. The van der Waals surface area contributed by atoms with Crippen LogP contribution < -0.4 is 0 Å². The predicted molar refractivity (Wildman–Crippen MR) is 61.3 cm³/mol. The van der Waals surface area contributed by atoms with Crippen LogP contribution in [0.2, 0.25) is 0 Å². The molecule has 0 heterocycles. The summed E-state index contributed by atoms with van der Waals surface area (Å²) in [5.41, 5.74) is 0.699. The minimum Gasteiger partial charge on any atom is -0.303 e. The van der Waals surface area contributed by atoms with Crippen molar-refractivity contribution in [3.8, 4) is 0 Å². The van der Waals surface area contributed by atoms with Crippen molar-refractivity contribution < 1.29 is 9.72 Å². The molecule has 0 aromatic heterocycles. The molecule has 0 saturated heterocycles. The topological polar surface area (TPSA) is 60.2 Å². The first kappa shape index (κ1) is 12.1. The molecular formula is C12H13NO3. The Labute approximate surface area is 93.7 Å². The standard InChI is InChI=1S/C12H13NO3/c14-10-6-2-5-9-12(13(15)16)11-7-3-1-4-8-11/h1,3-4,7-10H,2,5-6H2/b12-9+. The molecule has 0 amide bonds. The lowest BCUT2D eigenvalue weighted by molar-refractivity contribution is -0.375. The highest BCUT2D eigenvalue weighted by Gasteiger charge is 2.12. The van der Waals surface area contributed by atoms with E-state index in [0.717, 1.165) is 6.29 Å². The van der Waals surface area contributed by atoms with E-state index in [1.807, 2.05) is 6.07 Å². The lowest BCUT2D eigenvalue weighted by Crippen LogP contribution is -1.97. The Morgan fingerprint density at radius 1 is 1.25 bits per heavy atom. The Morgan fingerprint density at radius 2 is 1.94 bits per heavy atom. The van der Waals surface area contributed by atoms with E-state index in [0.29, 0.717) is 24.8 Å². The second kappa shape index (κ2) is 6.50. The summed E-state index contributed by atoms with van der Waals surface area (Å²) >= 11 is 0. The molecular weight excluding hydrogens is 206 g/mol. The first-order valence-corrected chi connectivity index (χ1v) is 5.09. The Kier molecular flexibility index (Phi) is 4.92. The van der Waals surface area contributed by atoms with Crippen LogP contribution in [0.15, 0.2) is 36.4 Å². The number of nitro groups is 1. The largest absolute Gasteiger partial charge is 0.303 e. The zero-order chi connectivity index (χ0) is 11.8. The molecule has 0 atom stereocenters. The van der Waals surface area contributed by atoms with Gasteiger partial charge in [-0.15, -0.1) is 0 Å². The molecule has 0 aliphatic carbocycles. The molecule has 1 aromatic carbocycles. The van der Waals surface area contributed by atoms with E-state index in [-0.39, 0.29) is 5.70 Å². The van der Waals surface area contributed by atoms with Crippen molar-refractivity contribution in [3.05, 3.63) is 52.1 Å². The van der Waals surface area contributed by atoms with Crippen LogP contribution in [0.4, 0.5) is 0 Å². The van der Waals surface area contributed by atoms with E-state index >= 15 is 0 Å². The summed E-state index contributed by atoms with van der Waals surface area (Å²) in [7, 11) is 0. The summed E-state index contributed by atoms with van der Waals surface area (Å²) in [5, 5.41) is 10.8. The van der Waals surface area contributed by atoms with Crippen molar-refractivity contribution >= 4 is 12.0 Å². The molecule has 4 nitrogen and oxygen atoms in total. The van der Waals surface area contributed by atoms with Crippen LogP contribution >= 0.6 is 0 Å². The van der Waals surface area contributed by atoms with Gasteiger partial charge in [-0.05, 0) is 31.1 Å². The second-order valence-electron chi connectivity index (χ2n) is 3.31. The molecule has 16 heavy (non-hydrogen) atoms. The monoisotopic (exact) mass is 219 g/mol. The molecule has 84 valence electrons. The second-order valence-corrected chi connectivity index (χ2v) is 3.31. The third-order valence-corrected chi connectivity index (χ3v) is 2.13. The summed E-state index contributed by atoms with van der Waals surface area (Å²) in [6.45, 7) is 0. The predicted octanol–water partition coefficient (Wildman–Crippen LogP) is 2.67. The van der Waals surface area contributed by atoms with Crippen LogP contribution in [0, 0.1) is 10.1 Å². The molecule has 1 rings (SSSR count). The van der Waals surface area contributed by atoms with Crippen LogP contribution in [0.25, 0.3) is 5.70 Å². The van der Waals surface area contributed by atoms with Crippen molar-refractivity contribution in [3.63, 3.8) is 0 Å². The molecule has 0 spiro atoms. The van der Waals surface area contributed by atoms with Gasteiger partial charge in [-0.25, -0.2) is 0 Å². The van der Waals surface area contributed by atoms with E-state index in [1.165, 1.54) is 0 Å². The van der Waals surface area contributed by atoms with Gasteiger partial charge < -0.3 is 4.79 Å². The number of carbonyl (C=O) groups is 1. The Balaban J connectivity index is 2.76. The van der Waals surface area contributed by atoms with Gasteiger partial charge in [0.25, 0.3) is 5.70 Å². The summed E-state index contributed by atoms with van der Waals surface area (Å²) in [6, 6.07) is 8.74. The first-order valence-electron chi connectivity index (χ1n) is 5.09. The maximum atomic E-state index is 10.8. The highest BCUT2D eigenvalue weighted by Crippen LogP contribution is 2.15. The molecule has 0 N–H and O–H groups in total. The van der Waals surface area contributed by atoms with Gasteiger partial charge in [0.15, 0.2) is 0 Å². The zero-order valence-electron chi connectivity index (χ0n) is 8.83. The molecule has 0 aliphatic rings.